The zero-order chi connectivity index (χ0) is 10.7. The third kappa shape index (κ3) is 2.76. The molecule has 1 heterocycles. The first kappa shape index (κ1) is 11.1. The number of hydrogen-bond acceptors (Lipinski definition) is 2. The third-order valence-electron chi connectivity index (χ3n) is 2.79. The summed E-state index contributed by atoms with van der Waals surface area (Å²) in [5.41, 5.74) is 0. The van der Waals surface area contributed by atoms with Crippen LogP contribution in [0.15, 0.2) is 12.3 Å². The first-order valence-electron chi connectivity index (χ1n) is 5.17. The first-order valence-corrected chi connectivity index (χ1v) is 5.17. The summed E-state index contributed by atoms with van der Waals surface area (Å²) in [6.07, 6.45) is 2.10. The minimum Gasteiger partial charge on any atom is -0.473 e. The Labute approximate surface area is 86.1 Å². The van der Waals surface area contributed by atoms with Crippen LogP contribution in [0.2, 0.25) is 0 Å². The Balaban J connectivity index is 2.52. The maximum atomic E-state index is 5.73. The van der Waals surface area contributed by atoms with E-state index in [1.54, 1.807) is 4.68 Å². The number of rotatable bonds is 4. The second-order valence-electron chi connectivity index (χ2n) is 4.25. The topological polar surface area (TPSA) is 27.1 Å². The predicted molar refractivity (Wildman–Crippen MR) is 57.3 cm³/mol. The lowest BCUT2D eigenvalue weighted by molar-refractivity contribution is 0.126. The standard InChI is InChI=1S/C11H20N2O/c1-8(2)9(3)10(4)14-11-6-7-13(5)12-11/h6-10H,1-5H3/t9-,10-/m0/s1. The van der Waals surface area contributed by atoms with E-state index >= 15 is 0 Å². The van der Waals surface area contributed by atoms with Crippen molar-refractivity contribution in [2.75, 3.05) is 0 Å². The van der Waals surface area contributed by atoms with Crippen LogP contribution >= 0.6 is 0 Å². The monoisotopic (exact) mass is 196 g/mol. The molecular formula is C11H20N2O. The van der Waals surface area contributed by atoms with E-state index in [4.69, 9.17) is 4.74 Å². The van der Waals surface area contributed by atoms with E-state index in [9.17, 15) is 0 Å². The molecule has 1 rings (SSSR count). The Morgan fingerprint density at radius 1 is 1.29 bits per heavy atom. The van der Waals surface area contributed by atoms with Crippen molar-refractivity contribution in [1.82, 2.24) is 9.78 Å². The molecule has 1 aromatic rings. The normalized spacial score (nSPS) is 15.6. The molecule has 0 amide bonds. The van der Waals surface area contributed by atoms with Crippen molar-refractivity contribution < 1.29 is 4.74 Å². The number of aromatic nitrogens is 2. The molecule has 0 radical (unpaired) electrons. The molecule has 0 saturated carbocycles. The smallest absolute Gasteiger partial charge is 0.232 e. The second kappa shape index (κ2) is 4.49. The van der Waals surface area contributed by atoms with Gasteiger partial charge in [-0.15, -0.1) is 5.10 Å². The van der Waals surface area contributed by atoms with Gasteiger partial charge in [0.2, 0.25) is 5.88 Å². The molecule has 0 N–H and O–H groups in total. The minimum atomic E-state index is 0.213. The molecular weight excluding hydrogens is 176 g/mol. The van der Waals surface area contributed by atoms with Gasteiger partial charge in [0.05, 0.1) is 0 Å². The largest absolute Gasteiger partial charge is 0.473 e. The van der Waals surface area contributed by atoms with Crippen LogP contribution in [0.5, 0.6) is 5.88 Å². The molecule has 3 nitrogen and oxygen atoms in total. The van der Waals surface area contributed by atoms with Gasteiger partial charge in [0, 0.05) is 19.3 Å². The van der Waals surface area contributed by atoms with Crippen molar-refractivity contribution in [1.29, 1.82) is 0 Å². The van der Waals surface area contributed by atoms with Gasteiger partial charge in [0.15, 0.2) is 0 Å². The highest BCUT2D eigenvalue weighted by atomic mass is 16.5. The molecule has 14 heavy (non-hydrogen) atoms. The number of aryl methyl sites for hydroxylation is 1. The van der Waals surface area contributed by atoms with Gasteiger partial charge in [-0.25, -0.2) is 0 Å². The summed E-state index contributed by atoms with van der Waals surface area (Å²) in [6.45, 7) is 8.73. The molecule has 0 aromatic carbocycles. The zero-order valence-corrected chi connectivity index (χ0v) is 9.69. The summed E-state index contributed by atoms with van der Waals surface area (Å²) in [4.78, 5) is 0. The summed E-state index contributed by atoms with van der Waals surface area (Å²) in [5.74, 6) is 1.89. The van der Waals surface area contributed by atoms with Gasteiger partial charge in [-0.2, -0.15) is 0 Å². The number of nitrogens with zero attached hydrogens (tertiary/aromatic N) is 2. The van der Waals surface area contributed by atoms with Crippen molar-refractivity contribution in [3.8, 4) is 5.88 Å². The fraction of sp³-hybridized carbons (Fsp3) is 0.727. The van der Waals surface area contributed by atoms with Gasteiger partial charge in [-0.05, 0) is 18.8 Å². The van der Waals surface area contributed by atoms with Crippen LogP contribution < -0.4 is 4.74 Å². The summed E-state index contributed by atoms with van der Waals surface area (Å²) < 4.78 is 7.48. The molecule has 0 bridgehead atoms. The Morgan fingerprint density at radius 2 is 1.93 bits per heavy atom. The van der Waals surface area contributed by atoms with E-state index in [0.717, 1.165) is 0 Å². The Morgan fingerprint density at radius 3 is 2.36 bits per heavy atom. The molecule has 0 spiro atoms. The summed E-state index contributed by atoms with van der Waals surface area (Å²) in [6, 6.07) is 1.89. The van der Waals surface area contributed by atoms with Gasteiger partial charge in [0.25, 0.3) is 0 Å². The van der Waals surface area contributed by atoms with E-state index < -0.39 is 0 Å². The quantitative estimate of drug-likeness (QED) is 0.739. The van der Waals surface area contributed by atoms with E-state index in [2.05, 4.69) is 32.8 Å². The Bertz CT molecular complexity index is 281. The Kier molecular flexibility index (Phi) is 3.55. The van der Waals surface area contributed by atoms with Crippen LogP contribution in [0.4, 0.5) is 0 Å². The van der Waals surface area contributed by atoms with Crippen LogP contribution in [-0.2, 0) is 7.05 Å². The third-order valence-corrected chi connectivity index (χ3v) is 2.79. The molecule has 1 aromatic heterocycles. The number of ether oxygens (including phenoxy) is 1. The second-order valence-corrected chi connectivity index (χ2v) is 4.25. The lowest BCUT2D eigenvalue weighted by Crippen LogP contribution is -2.25. The van der Waals surface area contributed by atoms with Crippen molar-refractivity contribution in [3.05, 3.63) is 12.3 Å². The van der Waals surface area contributed by atoms with Crippen molar-refractivity contribution in [2.24, 2.45) is 18.9 Å². The molecule has 0 aliphatic heterocycles. The maximum absolute atomic E-state index is 5.73. The van der Waals surface area contributed by atoms with Gasteiger partial charge in [0.1, 0.15) is 6.10 Å². The highest BCUT2D eigenvalue weighted by Gasteiger charge is 2.17. The molecule has 3 heteroatoms. The molecule has 0 aliphatic rings. The molecule has 0 saturated heterocycles. The Hall–Kier alpha value is -0.990. The van der Waals surface area contributed by atoms with Crippen molar-refractivity contribution in [3.63, 3.8) is 0 Å². The molecule has 80 valence electrons. The van der Waals surface area contributed by atoms with E-state index in [1.807, 2.05) is 19.3 Å². The molecule has 2 atom stereocenters. The van der Waals surface area contributed by atoms with Gasteiger partial charge in [-0.3, -0.25) is 4.68 Å². The van der Waals surface area contributed by atoms with Crippen molar-refractivity contribution >= 4 is 0 Å². The summed E-state index contributed by atoms with van der Waals surface area (Å²) in [5, 5.41) is 4.19. The maximum Gasteiger partial charge on any atom is 0.232 e. The lowest BCUT2D eigenvalue weighted by Gasteiger charge is -2.23. The van der Waals surface area contributed by atoms with Crippen LogP contribution in [-0.4, -0.2) is 15.9 Å². The minimum absolute atomic E-state index is 0.213. The average Bonchev–Trinajstić information content (AvgIpc) is 2.49. The summed E-state index contributed by atoms with van der Waals surface area (Å²) >= 11 is 0. The van der Waals surface area contributed by atoms with Crippen LogP contribution in [0.3, 0.4) is 0 Å². The summed E-state index contributed by atoms with van der Waals surface area (Å²) in [7, 11) is 1.89. The van der Waals surface area contributed by atoms with E-state index in [1.165, 1.54) is 0 Å². The molecule has 0 fully saturated rings. The van der Waals surface area contributed by atoms with Crippen LogP contribution in [0.1, 0.15) is 27.7 Å². The lowest BCUT2D eigenvalue weighted by atomic mass is 9.93. The predicted octanol–water partition coefficient (Wildman–Crippen LogP) is 2.48. The molecule has 0 unspecified atom stereocenters. The number of hydrogen-bond donors (Lipinski definition) is 0. The zero-order valence-electron chi connectivity index (χ0n) is 9.69. The fourth-order valence-corrected chi connectivity index (χ4v) is 1.30. The van der Waals surface area contributed by atoms with E-state index in [-0.39, 0.29) is 6.10 Å². The van der Waals surface area contributed by atoms with Crippen molar-refractivity contribution in [2.45, 2.75) is 33.8 Å². The van der Waals surface area contributed by atoms with Gasteiger partial charge in [-0.1, -0.05) is 20.8 Å². The molecule has 0 aliphatic carbocycles. The van der Waals surface area contributed by atoms with E-state index in [0.29, 0.717) is 17.7 Å². The van der Waals surface area contributed by atoms with Gasteiger partial charge < -0.3 is 4.74 Å². The highest BCUT2D eigenvalue weighted by molar-refractivity contribution is 5.05. The fourth-order valence-electron chi connectivity index (χ4n) is 1.30. The average molecular weight is 196 g/mol. The van der Waals surface area contributed by atoms with Crippen LogP contribution in [0.25, 0.3) is 0 Å². The van der Waals surface area contributed by atoms with Crippen LogP contribution in [0, 0.1) is 11.8 Å². The van der Waals surface area contributed by atoms with Gasteiger partial charge >= 0.3 is 0 Å². The first-order chi connectivity index (χ1) is 6.50. The SMILES string of the molecule is CC(C)[C@H](C)[C@H](C)Oc1ccn(C)n1. The highest BCUT2D eigenvalue weighted by Crippen LogP contribution is 2.18.